The molecular weight excluding hydrogens is 582 g/mol. The molecule has 1 amide bonds. The maximum absolute atomic E-state index is 13.8. The smallest absolute Gasteiger partial charge is 0.335 e. The second-order valence-corrected chi connectivity index (χ2v) is 12.9. The summed E-state index contributed by atoms with van der Waals surface area (Å²) in [6.07, 6.45) is 5.80. The number of hydrogen-bond donors (Lipinski definition) is 2. The van der Waals surface area contributed by atoms with Gasteiger partial charge in [0.05, 0.1) is 17.1 Å². The summed E-state index contributed by atoms with van der Waals surface area (Å²) in [7, 11) is 1.78. The van der Waals surface area contributed by atoms with Crippen molar-refractivity contribution in [3.05, 3.63) is 130 Å². The van der Waals surface area contributed by atoms with E-state index in [0.717, 1.165) is 47.1 Å². The van der Waals surface area contributed by atoms with Crippen LogP contribution in [0.25, 0.3) is 16.7 Å². The molecule has 0 saturated carbocycles. The van der Waals surface area contributed by atoms with Crippen molar-refractivity contribution in [1.82, 2.24) is 0 Å². The average Bonchev–Trinajstić information content (AvgIpc) is 3.04. The molecule has 2 N–H and O–H groups in total. The molecule has 1 unspecified atom stereocenters. The van der Waals surface area contributed by atoms with Crippen LogP contribution < -0.4 is 5.32 Å². The summed E-state index contributed by atoms with van der Waals surface area (Å²) in [6.45, 7) is 6.33. The number of amides is 1. The van der Waals surface area contributed by atoms with Gasteiger partial charge in [-0.25, -0.2) is 4.79 Å². The van der Waals surface area contributed by atoms with E-state index in [9.17, 15) is 14.7 Å². The zero-order chi connectivity index (χ0) is 32.1. The van der Waals surface area contributed by atoms with Crippen molar-refractivity contribution >= 4 is 34.7 Å². The van der Waals surface area contributed by atoms with Crippen LogP contribution in [-0.2, 0) is 16.0 Å². The summed E-state index contributed by atoms with van der Waals surface area (Å²) in [4.78, 5) is 25.2. The number of benzene rings is 4. The number of aromatic carboxylic acids is 1. The lowest BCUT2D eigenvalue weighted by Gasteiger charge is -2.35. The molecule has 0 saturated heterocycles. The van der Waals surface area contributed by atoms with Gasteiger partial charge in [-0.3, -0.25) is 4.79 Å². The second kappa shape index (κ2) is 13.8. The van der Waals surface area contributed by atoms with Gasteiger partial charge in [0, 0.05) is 17.8 Å². The van der Waals surface area contributed by atoms with Crippen LogP contribution in [0, 0.1) is 12.8 Å². The van der Waals surface area contributed by atoms with Gasteiger partial charge >= 0.3 is 5.97 Å². The average molecular weight is 622 g/mol. The van der Waals surface area contributed by atoms with E-state index in [1.165, 1.54) is 11.1 Å². The highest BCUT2D eigenvalue weighted by atomic mass is 35.5. The van der Waals surface area contributed by atoms with E-state index in [0.29, 0.717) is 23.0 Å². The van der Waals surface area contributed by atoms with Gasteiger partial charge in [0.2, 0.25) is 5.91 Å². The number of carboxylic acid groups (broad SMARTS) is 1. The minimum Gasteiger partial charge on any atom is -0.478 e. The van der Waals surface area contributed by atoms with Crippen molar-refractivity contribution in [3.8, 4) is 11.1 Å². The number of aryl methyl sites for hydroxylation is 1. The predicted molar refractivity (Wildman–Crippen MR) is 183 cm³/mol. The molecule has 0 spiro atoms. The second-order valence-electron chi connectivity index (χ2n) is 12.4. The number of nitrogens with one attached hydrogen (secondary N) is 1. The zero-order valence-electron chi connectivity index (χ0n) is 26.3. The molecule has 0 aliphatic heterocycles. The van der Waals surface area contributed by atoms with Crippen molar-refractivity contribution in [3.63, 3.8) is 0 Å². The lowest BCUT2D eigenvalue weighted by atomic mass is 9.78. The molecule has 0 radical (unpaired) electrons. The molecule has 45 heavy (non-hydrogen) atoms. The molecule has 6 heteroatoms. The van der Waals surface area contributed by atoms with Crippen LogP contribution in [0.4, 0.5) is 5.69 Å². The first-order chi connectivity index (χ1) is 21.5. The van der Waals surface area contributed by atoms with E-state index in [2.05, 4.69) is 37.4 Å². The fraction of sp³-hybridized carbons (Fsp3) is 0.282. The van der Waals surface area contributed by atoms with Gasteiger partial charge in [-0.15, -0.1) is 0 Å². The highest BCUT2D eigenvalue weighted by molar-refractivity contribution is 6.30. The number of carboxylic acids is 1. The fourth-order valence-electron chi connectivity index (χ4n) is 6.12. The lowest BCUT2D eigenvalue weighted by Crippen LogP contribution is -2.34. The normalized spacial score (nSPS) is 15.7. The summed E-state index contributed by atoms with van der Waals surface area (Å²) < 4.78 is 5.73. The summed E-state index contributed by atoms with van der Waals surface area (Å²) in [5, 5.41) is 13.1. The van der Waals surface area contributed by atoms with Gasteiger partial charge in [-0.1, -0.05) is 72.3 Å². The Hall–Kier alpha value is -4.19. The first-order valence-electron chi connectivity index (χ1n) is 15.4. The minimum atomic E-state index is -0.974. The van der Waals surface area contributed by atoms with Gasteiger partial charge in [0.25, 0.3) is 0 Å². The topological polar surface area (TPSA) is 75.6 Å². The van der Waals surface area contributed by atoms with Crippen LogP contribution in [0.5, 0.6) is 0 Å². The van der Waals surface area contributed by atoms with Crippen molar-refractivity contribution in [2.45, 2.75) is 58.0 Å². The number of anilines is 1. The van der Waals surface area contributed by atoms with Gasteiger partial charge in [-0.05, 0) is 128 Å². The Balaban J connectivity index is 1.36. The lowest BCUT2D eigenvalue weighted by molar-refractivity contribution is -0.117. The van der Waals surface area contributed by atoms with E-state index in [1.54, 1.807) is 31.4 Å². The zero-order valence-corrected chi connectivity index (χ0v) is 27.0. The van der Waals surface area contributed by atoms with Crippen LogP contribution in [0.15, 0.2) is 97.1 Å². The molecule has 0 heterocycles. The van der Waals surface area contributed by atoms with Gasteiger partial charge in [0.1, 0.15) is 0 Å². The van der Waals surface area contributed by atoms with E-state index in [4.69, 9.17) is 16.3 Å². The Labute approximate surface area is 270 Å². The third-order valence-corrected chi connectivity index (χ3v) is 9.45. The third kappa shape index (κ3) is 7.73. The van der Waals surface area contributed by atoms with Crippen molar-refractivity contribution in [2.24, 2.45) is 5.92 Å². The summed E-state index contributed by atoms with van der Waals surface area (Å²) in [6, 6.07) is 28.7. The highest BCUT2D eigenvalue weighted by Crippen LogP contribution is 2.37. The van der Waals surface area contributed by atoms with Crippen molar-refractivity contribution in [1.29, 1.82) is 0 Å². The van der Waals surface area contributed by atoms with E-state index < -0.39 is 11.9 Å². The molecule has 5 rings (SSSR count). The Bertz CT molecular complexity index is 1690. The largest absolute Gasteiger partial charge is 0.478 e. The Morgan fingerprint density at radius 2 is 1.62 bits per heavy atom. The van der Waals surface area contributed by atoms with E-state index in [-0.39, 0.29) is 17.1 Å². The molecule has 5 nitrogen and oxygen atoms in total. The molecule has 4 aromatic carbocycles. The molecule has 232 valence electrons. The number of allylic oxidation sites excluding steroid dienone is 2. The molecular formula is C39H40ClNO4. The van der Waals surface area contributed by atoms with Gasteiger partial charge in [0.15, 0.2) is 0 Å². The van der Waals surface area contributed by atoms with Crippen LogP contribution in [-0.4, -0.2) is 29.7 Å². The molecule has 0 bridgehead atoms. The minimum absolute atomic E-state index is 0.123. The van der Waals surface area contributed by atoms with Gasteiger partial charge < -0.3 is 15.2 Å². The Kier molecular flexibility index (Phi) is 9.91. The van der Waals surface area contributed by atoms with Crippen molar-refractivity contribution in [2.75, 3.05) is 12.4 Å². The molecule has 0 aromatic heterocycles. The summed E-state index contributed by atoms with van der Waals surface area (Å²) in [5.74, 6) is -1.09. The first-order valence-corrected chi connectivity index (χ1v) is 15.8. The number of carbonyl (C=O) groups is 2. The summed E-state index contributed by atoms with van der Waals surface area (Å²) >= 11 is 6.14. The molecule has 1 aliphatic rings. The number of rotatable bonds is 10. The van der Waals surface area contributed by atoms with Crippen LogP contribution in [0.3, 0.4) is 0 Å². The highest BCUT2D eigenvalue weighted by Gasteiger charge is 2.30. The predicted octanol–water partition coefficient (Wildman–Crippen LogP) is 9.59. The maximum atomic E-state index is 13.8. The molecule has 4 aromatic rings. The SMILES string of the molecule is COC(C)(C)C1CC=C(c2ccc([C@@H](Cc3ccc(C(=O)O)cc3)C(=O)Nc3ccc(-c4ccc(Cl)cc4C)cc3)cc2)CC1. The van der Waals surface area contributed by atoms with Crippen molar-refractivity contribution < 1.29 is 19.4 Å². The van der Waals surface area contributed by atoms with Crippen LogP contribution in [0.1, 0.15) is 71.6 Å². The molecule has 0 fully saturated rings. The third-order valence-electron chi connectivity index (χ3n) is 9.21. The van der Waals surface area contributed by atoms with Crippen LogP contribution in [0.2, 0.25) is 5.02 Å². The number of methoxy groups -OCH3 is 1. The monoisotopic (exact) mass is 621 g/mol. The maximum Gasteiger partial charge on any atom is 0.335 e. The van der Waals surface area contributed by atoms with Gasteiger partial charge in [-0.2, -0.15) is 0 Å². The van der Waals surface area contributed by atoms with E-state index in [1.807, 2.05) is 61.5 Å². The number of ether oxygens (including phenoxy) is 1. The molecule has 2 atom stereocenters. The van der Waals surface area contributed by atoms with Crippen LogP contribution >= 0.6 is 11.6 Å². The first kappa shape index (κ1) is 32.2. The fourth-order valence-corrected chi connectivity index (χ4v) is 6.35. The Morgan fingerprint density at radius 3 is 2.20 bits per heavy atom. The number of hydrogen-bond acceptors (Lipinski definition) is 3. The standard InChI is InChI=1S/C39H40ClNO4/c1-25-23-33(40)19-22-35(25)29-15-20-34(21-16-29)41-37(42)36(24-26-5-7-31(8-6-26)38(43)44)30-11-9-27(10-12-30)28-13-17-32(18-14-28)39(2,3)45-4/h5-13,15-16,19-23,32,36H,14,17-18,24H2,1-4H3,(H,41,42)(H,43,44)/t32?,36-/m1/s1. The number of halogens is 1. The van der Waals surface area contributed by atoms with E-state index >= 15 is 0 Å². The summed E-state index contributed by atoms with van der Waals surface area (Å²) in [5.41, 5.74) is 8.28. The Morgan fingerprint density at radius 1 is 0.956 bits per heavy atom. The molecule has 1 aliphatic carbocycles. The number of carbonyl (C=O) groups excluding carboxylic acids is 1. The quantitative estimate of drug-likeness (QED) is 0.185.